The van der Waals surface area contributed by atoms with Crippen molar-refractivity contribution in [3.63, 3.8) is 0 Å². The Bertz CT molecular complexity index is 564. The fourth-order valence-electron chi connectivity index (χ4n) is 1.23. The Morgan fingerprint density at radius 1 is 1.44 bits per heavy atom. The van der Waals surface area contributed by atoms with Gasteiger partial charge in [-0.2, -0.15) is 5.26 Å². The third kappa shape index (κ3) is 2.49. The van der Waals surface area contributed by atoms with Gasteiger partial charge in [0.25, 0.3) is 15.5 Å². The van der Waals surface area contributed by atoms with Crippen molar-refractivity contribution in [2.45, 2.75) is 18.2 Å². The second-order valence-corrected chi connectivity index (χ2v) is 5.59. The number of hydrogen-bond acceptors (Lipinski definition) is 3. The van der Waals surface area contributed by atoms with Gasteiger partial charge in [-0.3, -0.25) is 0 Å². The second-order valence-electron chi connectivity index (χ2n) is 3.06. The van der Waals surface area contributed by atoms with Gasteiger partial charge in [0.1, 0.15) is 11.0 Å². The Balaban J connectivity index is 3.62. The molecule has 0 atom stereocenters. The molecule has 0 saturated heterocycles. The summed E-state index contributed by atoms with van der Waals surface area (Å²) in [6.07, 6.45) is -2.81. The molecule has 7 heteroatoms. The van der Waals surface area contributed by atoms with Crippen molar-refractivity contribution < 1.29 is 17.2 Å². The topological polar surface area (TPSA) is 57.9 Å². The molecule has 0 unspecified atom stereocenters. The summed E-state index contributed by atoms with van der Waals surface area (Å²) in [5.74, 6) is 0. The van der Waals surface area contributed by atoms with E-state index in [1.54, 1.807) is 6.07 Å². The van der Waals surface area contributed by atoms with Crippen LogP contribution >= 0.6 is 10.7 Å². The predicted octanol–water partition coefficient (Wildman–Crippen LogP) is 2.73. The summed E-state index contributed by atoms with van der Waals surface area (Å²) in [6, 6.07) is 3.42. The number of alkyl halides is 2. The first-order valence-electron chi connectivity index (χ1n) is 4.05. The van der Waals surface area contributed by atoms with E-state index in [2.05, 4.69) is 0 Å². The Morgan fingerprint density at radius 3 is 2.38 bits per heavy atom. The van der Waals surface area contributed by atoms with E-state index in [-0.39, 0.29) is 11.1 Å². The molecular weight excluding hydrogens is 260 g/mol. The summed E-state index contributed by atoms with van der Waals surface area (Å²) in [5.41, 5.74) is -0.536. The van der Waals surface area contributed by atoms with Gasteiger partial charge in [0, 0.05) is 16.2 Å². The first-order valence-corrected chi connectivity index (χ1v) is 6.35. The van der Waals surface area contributed by atoms with E-state index in [9.17, 15) is 17.2 Å². The van der Waals surface area contributed by atoms with Crippen LogP contribution in [0.5, 0.6) is 0 Å². The lowest BCUT2D eigenvalue weighted by atomic mass is 10.1. The number of hydrogen-bond donors (Lipinski definition) is 0. The monoisotopic (exact) mass is 265 g/mol. The summed E-state index contributed by atoms with van der Waals surface area (Å²) in [4.78, 5) is -0.586. The molecule has 1 aromatic carbocycles. The van der Waals surface area contributed by atoms with Crippen LogP contribution in [0.15, 0.2) is 17.0 Å². The average Bonchev–Trinajstić information content (AvgIpc) is 2.14. The summed E-state index contributed by atoms with van der Waals surface area (Å²) >= 11 is 0. The molecule has 1 rings (SSSR count). The van der Waals surface area contributed by atoms with Gasteiger partial charge < -0.3 is 0 Å². The van der Waals surface area contributed by atoms with Crippen molar-refractivity contribution in [1.82, 2.24) is 0 Å². The van der Waals surface area contributed by atoms with Crippen LogP contribution in [0.4, 0.5) is 8.78 Å². The van der Waals surface area contributed by atoms with E-state index >= 15 is 0 Å². The summed E-state index contributed by atoms with van der Waals surface area (Å²) < 4.78 is 47.2. The molecule has 0 aromatic heterocycles. The van der Waals surface area contributed by atoms with E-state index in [1.165, 1.54) is 6.92 Å². The molecule has 86 valence electrons. The highest BCUT2D eigenvalue weighted by atomic mass is 35.7. The number of aryl methyl sites for hydroxylation is 1. The Kier molecular flexibility index (Phi) is 3.51. The van der Waals surface area contributed by atoms with Crippen molar-refractivity contribution in [2.24, 2.45) is 0 Å². The fourth-order valence-corrected chi connectivity index (χ4v) is 2.25. The van der Waals surface area contributed by atoms with E-state index in [0.29, 0.717) is 0 Å². The molecular formula is C9H6ClF2NO2S. The maximum absolute atomic E-state index is 12.5. The molecule has 0 radical (unpaired) electrons. The summed E-state index contributed by atoms with van der Waals surface area (Å²) in [7, 11) is 0.846. The predicted molar refractivity (Wildman–Crippen MR) is 53.9 cm³/mol. The van der Waals surface area contributed by atoms with Crippen LogP contribution in [-0.4, -0.2) is 8.42 Å². The lowest BCUT2D eigenvalue weighted by molar-refractivity contribution is 0.150. The largest absolute Gasteiger partial charge is 0.264 e. The van der Waals surface area contributed by atoms with Crippen LogP contribution in [0.1, 0.15) is 23.1 Å². The van der Waals surface area contributed by atoms with Crippen LogP contribution in [0.25, 0.3) is 0 Å². The average molecular weight is 266 g/mol. The number of nitriles is 1. The third-order valence-electron chi connectivity index (χ3n) is 1.99. The zero-order chi connectivity index (χ0) is 12.5. The highest BCUT2D eigenvalue weighted by molar-refractivity contribution is 8.13. The van der Waals surface area contributed by atoms with Gasteiger partial charge in [-0.25, -0.2) is 17.2 Å². The molecule has 0 aliphatic rings. The Hall–Kier alpha value is -1.19. The molecule has 0 N–H and O–H groups in total. The maximum Gasteiger partial charge on any atom is 0.264 e. The van der Waals surface area contributed by atoms with E-state index < -0.39 is 25.9 Å². The highest BCUT2D eigenvalue weighted by Crippen LogP contribution is 2.29. The normalized spacial score (nSPS) is 11.5. The lowest BCUT2D eigenvalue weighted by Gasteiger charge is -2.07. The molecule has 0 spiro atoms. The highest BCUT2D eigenvalue weighted by Gasteiger charge is 2.21. The Morgan fingerprint density at radius 2 is 2.00 bits per heavy atom. The smallest absolute Gasteiger partial charge is 0.207 e. The number of benzene rings is 1. The first kappa shape index (κ1) is 12.9. The molecule has 0 fully saturated rings. The van der Waals surface area contributed by atoms with Crippen LogP contribution in [0, 0.1) is 18.3 Å². The molecule has 16 heavy (non-hydrogen) atoms. The minimum absolute atomic E-state index is 0.149. The van der Waals surface area contributed by atoms with Crippen molar-refractivity contribution >= 4 is 19.7 Å². The number of rotatable bonds is 2. The van der Waals surface area contributed by atoms with E-state index in [0.717, 1.165) is 12.1 Å². The van der Waals surface area contributed by atoms with Crippen LogP contribution in [0.3, 0.4) is 0 Å². The standard InChI is InChI=1S/C9H6ClF2NO2S/c1-5-2-6(4-13)8(16(10,14)15)3-7(5)9(11)12/h2-3,9H,1H3. The van der Waals surface area contributed by atoms with Crippen molar-refractivity contribution in [2.75, 3.05) is 0 Å². The third-order valence-corrected chi connectivity index (χ3v) is 3.35. The van der Waals surface area contributed by atoms with Crippen LogP contribution < -0.4 is 0 Å². The molecule has 0 aliphatic carbocycles. The van der Waals surface area contributed by atoms with Gasteiger partial charge in [0.05, 0.1) is 5.56 Å². The van der Waals surface area contributed by atoms with Crippen LogP contribution in [0.2, 0.25) is 0 Å². The van der Waals surface area contributed by atoms with Crippen LogP contribution in [-0.2, 0) is 9.05 Å². The maximum atomic E-state index is 12.5. The van der Waals surface area contributed by atoms with Gasteiger partial charge in [-0.1, -0.05) is 0 Å². The molecule has 0 heterocycles. The van der Waals surface area contributed by atoms with Crippen molar-refractivity contribution in [3.05, 3.63) is 28.8 Å². The fraction of sp³-hybridized carbons (Fsp3) is 0.222. The van der Waals surface area contributed by atoms with Gasteiger partial charge in [-0.15, -0.1) is 0 Å². The van der Waals surface area contributed by atoms with Gasteiger partial charge >= 0.3 is 0 Å². The second kappa shape index (κ2) is 4.36. The minimum Gasteiger partial charge on any atom is -0.207 e. The van der Waals surface area contributed by atoms with E-state index in [1.807, 2.05) is 0 Å². The number of halogens is 3. The summed E-state index contributed by atoms with van der Waals surface area (Å²) in [6.45, 7) is 1.37. The SMILES string of the molecule is Cc1cc(C#N)c(S(=O)(=O)Cl)cc1C(F)F. The van der Waals surface area contributed by atoms with Gasteiger partial charge in [0.15, 0.2) is 0 Å². The van der Waals surface area contributed by atoms with Gasteiger partial charge in [0.2, 0.25) is 0 Å². The zero-order valence-electron chi connectivity index (χ0n) is 8.04. The molecule has 0 aliphatic heterocycles. The lowest BCUT2D eigenvalue weighted by Crippen LogP contribution is -2.00. The molecule has 1 aromatic rings. The zero-order valence-corrected chi connectivity index (χ0v) is 9.61. The molecule has 0 amide bonds. The molecule has 0 bridgehead atoms. The first-order chi connectivity index (χ1) is 7.27. The Labute approximate surface area is 95.7 Å². The van der Waals surface area contributed by atoms with Gasteiger partial charge in [-0.05, 0) is 24.6 Å². The van der Waals surface area contributed by atoms with E-state index in [4.69, 9.17) is 15.9 Å². The molecule has 0 saturated carbocycles. The number of nitrogens with zero attached hydrogens (tertiary/aromatic N) is 1. The molecule has 3 nitrogen and oxygen atoms in total. The van der Waals surface area contributed by atoms with Crippen molar-refractivity contribution in [1.29, 1.82) is 5.26 Å². The minimum atomic E-state index is -4.20. The quantitative estimate of drug-likeness (QED) is 0.773. The van der Waals surface area contributed by atoms with Crippen molar-refractivity contribution in [3.8, 4) is 6.07 Å². The summed E-state index contributed by atoms with van der Waals surface area (Å²) in [5, 5.41) is 8.68.